The van der Waals surface area contributed by atoms with Crippen molar-refractivity contribution in [3.63, 3.8) is 0 Å². The third-order valence-corrected chi connectivity index (χ3v) is 4.46. The first-order valence-electron chi connectivity index (χ1n) is 5.39. The van der Waals surface area contributed by atoms with Crippen LogP contribution in [-0.2, 0) is 6.54 Å². The Labute approximate surface area is 104 Å². The van der Waals surface area contributed by atoms with Crippen molar-refractivity contribution in [3.05, 3.63) is 28.1 Å². The molecule has 0 aliphatic heterocycles. The van der Waals surface area contributed by atoms with Gasteiger partial charge in [-0.1, -0.05) is 13.8 Å². The second-order valence-corrected chi connectivity index (χ2v) is 6.13. The van der Waals surface area contributed by atoms with E-state index < -0.39 is 0 Å². The molecule has 0 saturated carbocycles. The molecule has 0 aliphatic rings. The number of aromatic nitrogens is 1. The Bertz CT molecular complexity index is 457. The lowest BCUT2D eigenvalue weighted by Crippen LogP contribution is -2.21. The Kier molecular flexibility index (Phi) is 3.74. The number of nitrogens with one attached hydrogen (secondary N) is 1. The van der Waals surface area contributed by atoms with Gasteiger partial charge < -0.3 is 5.32 Å². The van der Waals surface area contributed by atoms with Gasteiger partial charge in [-0.15, -0.1) is 22.7 Å². The number of aryl methyl sites for hydroxylation is 1. The van der Waals surface area contributed by atoms with E-state index in [1.54, 1.807) is 22.7 Å². The van der Waals surface area contributed by atoms with Crippen LogP contribution < -0.4 is 5.32 Å². The van der Waals surface area contributed by atoms with Crippen LogP contribution in [0.15, 0.2) is 17.6 Å². The zero-order valence-electron chi connectivity index (χ0n) is 9.78. The van der Waals surface area contributed by atoms with Crippen LogP contribution in [0.5, 0.6) is 0 Å². The van der Waals surface area contributed by atoms with Crippen molar-refractivity contribution in [2.75, 3.05) is 0 Å². The smallest absolute Gasteiger partial charge is 0.133 e. The topological polar surface area (TPSA) is 24.9 Å². The highest BCUT2D eigenvalue weighted by Gasteiger charge is 2.08. The largest absolute Gasteiger partial charge is 0.310 e. The quantitative estimate of drug-likeness (QED) is 0.898. The lowest BCUT2D eigenvalue weighted by atomic mass is 10.3. The van der Waals surface area contributed by atoms with Gasteiger partial charge in [-0.3, -0.25) is 0 Å². The minimum atomic E-state index is 0.522. The molecule has 0 fully saturated rings. The van der Waals surface area contributed by atoms with Gasteiger partial charge in [-0.25, -0.2) is 4.98 Å². The lowest BCUT2D eigenvalue weighted by molar-refractivity contribution is 0.593. The number of nitrogens with zero attached hydrogens (tertiary/aromatic N) is 1. The van der Waals surface area contributed by atoms with Crippen LogP contribution in [0.4, 0.5) is 0 Å². The van der Waals surface area contributed by atoms with E-state index in [1.807, 2.05) is 6.20 Å². The first-order chi connectivity index (χ1) is 7.66. The molecule has 0 atom stereocenters. The highest BCUT2D eigenvalue weighted by molar-refractivity contribution is 7.21. The molecule has 2 aromatic rings. The Hall–Kier alpha value is -0.710. The normalized spacial score (nSPS) is 11.2. The van der Waals surface area contributed by atoms with Crippen molar-refractivity contribution in [2.45, 2.75) is 33.4 Å². The molecule has 16 heavy (non-hydrogen) atoms. The molecular formula is C12H16N2S2. The number of hydrogen-bond acceptors (Lipinski definition) is 4. The summed E-state index contributed by atoms with van der Waals surface area (Å²) in [5.41, 5.74) is 1.32. The molecule has 2 rings (SSSR count). The molecule has 0 amide bonds. The van der Waals surface area contributed by atoms with Crippen LogP contribution in [0.3, 0.4) is 0 Å². The van der Waals surface area contributed by atoms with Gasteiger partial charge >= 0.3 is 0 Å². The van der Waals surface area contributed by atoms with Gasteiger partial charge in [0.15, 0.2) is 0 Å². The summed E-state index contributed by atoms with van der Waals surface area (Å²) in [6.07, 6.45) is 1.98. The zero-order chi connectivity index (χ0) is 11.5. The molecule has 0 spiro atoms. The Morgan fingerprint density at radius 2 is 2.25 bits per heavy atom. The van der Waals surface area contributed by atoms with Crippen LogP contribution in [-0.4, -0.2) is 11.0 Å². The fraction of sp³-hybridized carbons (Fsp3) is 0.417. The molecule has 0 aromatic carbocycles. The number of hydrogen-bond donors (Lipinski definition) is 1. The molecule has 0 bridgehead atoms. The first-order valence-corrected chi connectivity index (χ1v) is 7.09. The van der Waals surface area contributed by atoms with Gasteiger partial charge in [0.2, 0.25) is 0 Å². The van der Waals surface area contributed by atoms with Gasteiger partial charge in [0.05, 0.1) is 4.88 Å². The van der Waals surface area contributed by atoms with Crippen molar-refractivity contribution < 1.29 is 0 Å². The third kappa shape index (κ3) is 2.70. The summed E-state index contributed by atoms with van der Waals surface area (Å²) in [5, 5.41) is 6.68. The summed E-state index contributed by atoms with van der Waals surface area (Å²) in [4.78, 5) is 7.09. The summed E-state index contributed by atoms with van der Waals surface area (Å²) in [6, 6.07) is 2.67. The standard InChI is InChI=1S/C12H16N2S2/c1-8(2)13-6-10-7-14-12(16-10)11-9(3)4-5-15-11/h4-5,7-8,13H,6H2,1-3H3. The molecule has 0 radical (unpaired) electrons. The number of thiophene rings is 1. The third-order valence-electron chi connectivity index (χ3n) is 2.29. The van der Waals surface area contributed by atoms with E-state index in [0.717, 1.165) is 11.6 Å². The van der Waals surface area contributed by atoms with Crippen molar-refractivity contribution in [3.8, 4) is 9.88 Å². The fourth-order valence-corrected chi connectivity index (χ4v) is 3.34. The highest BCUT2D eigenvalue weighted by atomic mass is 32.1. The summed E-state index contributed by atoms with van der Waals surface area (Å²) in [7, 11) is 0. The molecular weight excluding hydrogens is 236 g/mol. The molecule has 4 heteroatoms. The average Bonchev–Trinajstić information content (AvgIpc) is 2.83. The predicted octanol–water partition coefficient (Wildman–Crippen LogP) is 3.68. The monoisotopic (exact) mass is 252 g/mol. The number of thiazole rings is 1. The molecule has 0 saturated heterocycles. The van der Waals surface area contributed by atoms with Crippen LogP contribution in [0.1, 0.15) is 24.3 Å². The van der Waals surface area contributed by atoms with E-state index in [1.165, 1.54) is 15.3 Å². The van der Waals surface area contributed by atoms with Gasteiger partial charge in [-0.2, -0.15) is 0 Å². The first kappa shape index (κ1) is 11.8. The maximum Gasteiger partial charge on any atom is 0.133 e. The maximum absolute atomic E-state index is 4.49. The van der Waals surface area contributed by atoms with Crippen molar-refractivity contribution in [1.82, 2.24) is 10.3 Å². The van der Waals surface area contributed by atoms with E-state index in [2.05, 4.69) is 42.5 Å². The van der Waals surface area contributed by atoms with Crippen molar-refractivity contribution in [1.29, 1.82) is 0 Å². The summed E-state index contributed by atoms with van der Waals surface area (Å²) in [6.45, 7) is 7.37. The molecule has 2 nitrogen and oxygen atoms in total. The van der Waals surface area contributed by atoms with Gasteiger partial charge in [0.25, 0.3) is 0 Å². The van der Waals surface area contributed by atoms with Crippen molar-refractivity contribution >= 4 is 22.7 Å². The van der Waals surface area contributed by atoms with Gasteiger partial charge in [-0.05, 0) is 23.9 Å². The zero-order valence-corrected chi connectivity index (χ0v) is 11.4. The summed E-state index contributed by atoms with van der Waals surface area (Å²) >= 11 is 3.55. The van der Waals surface area contributed by atoms with Crippen LogP contribution in [0.25, 0.3) is 9.88 Å². The summed E-state index contributed by atoms with van der Waals surface area (Å²) < 4.78 is 0. The molecule has 2 aromatic heterocycles. The van der Waals surface area contributed by atoms with E-state index >= 15 is 0 Å². The Morgan fingerprint density at radius 3 is 2.88 bits per heavy atom. The van der Waals surface area contributed by atoms with Crippen molar-refractivity contribution in [2.24, 2.45) is 0 Å². The fourth-order valence-electron chi connectivity index (χ4n) is 1.39. The van der Waals surface area contributed by atoms with Crippen LogP contribution >= 0.6 is 22.7 Å². The lowest BCUT2D eigenvalue weighted by Gasteiger charge is -2.04. The Balaban J connectivity index is 2.11. The molecule has 86 valence electrons. The van der Waals surface area contributed by atoms with Gasteiger partial charge in [0, 0.05) is 23.7 Å². The predicted molar refractivity (Wildman–Crippen MR) is 72.1 cm³/mol. The van der Waals surface area contributed by atoms with Crippen LogP contribution in [0.2, 0.25) is 0 Å². The SMILES string of the molecule is Cc1ccsc1-c1ncc(CNC(C)C)s1. The highest BCUT2D eigenvalue weighted by Crippen LogP contribution is 2.32. The number of rotatable bonds is 4. The summed E-state index contributed by atoms with van der Waals surface area (Å²) in [5.74, 6) is 0. The Morgan fingerprint density at radius 1 is 1.44 bits per heavy atom. The second-order valence-electron chi connectivity index (χ2n) is 4.10. The maximum atomic E-state index is 4.49. The average molecular weight is 252 g/mol. The molecule has 0 unspecified atom stereocenters. The van der Waals surface area contributed by atoms with Gasteiger partial charge in [0.1, 0.15) is 5.01 Å². The van der Waals surface area contributed by atoms with Crippen LogP contribution in [0, 0.1) is 6.92 Å². The second kappa shape index (κ2) is 5.08. The molecule has 0 aliphatic carbocycles. The van der Waals surface area contributed by atoms with E-state index in [4.69, 9.17) is 0 Å². The minimum absolute atomic E-state index is 0.522. The van der Waals surface area contributed by atoms with E-state index in [9.17, 15) is 0 Å². The molecule has 2 heterocycles. The van der Waals surface area contributed by atoms with E-state index in [0.29, 0.717) is 6.04 Å². The van der Waals surface area contributed by atoms with E-state index in [-0.39, 0.29) is 0 Å². The minimum Gasteiger partial charge on any atom is -0.310 e. The molecule has 1 N–H and O–H groups in total.